The lowest BCUT2D eigenvalue weighted by molar-refractivity contribution is -0.162. The lowest BCUT2D eigenvalue weighted by atomic mass is 9.65. The van der Waals surface area contributed by atoms with Gasteiger partial charge in [0, 0.05) is 0 Å². The molecule has 6 N–H and O–H groups in total. The van der Waals surface area contributed by atoms with Gasteiger partial charge in [0.25, 0.3) is 0 Å². The zero-order chi connectivity index (χ0) is 13.3. The van der Waals surface area contributed by atoms with Gasteiger partial charge in [0.05, 0.1) is 0 Å². The van der Waals surface area contributed by atoms with E-state index in [4.69, 9.17) is 21.7 Å². The Morgan fingerprint density at radius 1 is 0.875 bits per heavy atom. The third-order valence-electron chi connectivity index (χ3n) is 3.21. The van der Waals surface area contributed by atoms with Crippen LogP contribution in [-0.4, -0.2) is 33.2 Å². The molecule has 0 aliphatic carbocycles. The Hall–Kier alpha value is -1.14. The molecule has 0 aromatic rings. The number of nitrogens with two attached hydrogens (primary N) is 2. The molecule has 0 radical (unpaired) electrons. The second-order valence-electron chi connectivity index (χ2n) is 4.66. The van der Waals surface area contributed by atoms with Crippen LogP contribution in [0.5, 0.6) is 0 Å². The van der Waals surface area contributed by atoms with E-state index >= 15 is 0 Å². The van der Waals surface area contributed by atoms with Crippen LogP contribution in [0.2, 0.25) is 0 Å². The van der Waals surface area contributed by atoms with E-state index in [2.05, 4.69) is 0 Å². The molecule has 0 spiro atoms. The zero-order valence-corrected chi connectivity index (χ0v) is 10.0. The number of carboxylic acids is 2. The molecule has 0 rings (SSSR count). The van der Waals surface area contributed by atoms with E-state index in [0.29, 0.717) is 0 Å². The van der Waals surface area contributed by atoms with Crippen molar-refractivity contribution in [3.8, 4) is 0 Å². The van der Waals surface area contributed by atoms with Crippen LogP contribution in [-0.2, 0) is 9.59 Å². The topological polar surface area (TPSA) is 127 Å². The minimum absolute atomic E-state index is 0.603. The minimum atomic E-state index is -2.01. The maximum absolute atomic E-state index is 11.2. The smallest absolute Gasteiger partial charge is 0.326 e. The van der Waals surface area contributed by atoms with Crippen molar-refractivity contribution < 1.29 is 19.8 Å². The third kappa shape index (κ3) is 1.78. The maximum atomic E-state index is 11.2. The van der Waals surface area contributed by atoms with Gasteiger partial charge in [-0.2, -0.15) is 0 Å². The Morgan fingerprint density at radius 2 is 1.06 bits per heavy atom. The normalized spacial score (nSPS) is 19.2. The van der Waals surface area contributed by atoms with Gasteiger partial charge in [0.2, 0.25) is 0 Å². The molecular weight excluding hydrogens is 212 g/mol. The van der Waals surface area contributed by atoms with E-state index in [0.717, 1.165) is 0 Å². The molecule has 0 saturated carbocycles. The van der Waals surface area contributed by atoms with Crippen molar-refractivity contribution in [2.24, 2.45) is 23.3 Å². The summed E-state index contributed by atoms with van der Waals surface area (Å²) in [6.07, 6.45) is 0. The van der Waals surface area contributed by atoms with Crippen molar-refractivity contribution >= 4 is 11.9 Å². The van der Waals surface area contributed by atoms with Crippen LogP contribution in [0, 0.1) is 11.8 Å². The Labute approximate surface area is 94.6 Å². The monoisotopic (exact) mass is 232 g/mol. The fourth-order valence-corrected chi connectivity index (χ4v) is 1.80. The lowest BCUT2D eigenvalue weighted by Crippen LogP contribution is -2.78. The number of rotatable bonds is 5. The van der Waals surface area contributed by atoms with Gasteiger partial charge in [-0.05, 0) is 11.8 Å². The van der Waals surface area contributed by atoms with Crippen molar-refractivity contribution in [3.05, 3.63) is 0 Å². The van der Waals surface area contributed by atoms with Crippen molar-refractivity contribution in [1.82, 2.24) is 0 Å². The predicted octanol–water partition coefficient (Wildman–Crippen LogP) is -0.137. The summed E-state index contributed by atoms with van der Waals surface area (Å²) >= 11 is 0. The first-order valence-electron chi connectivity index (χ1n) is 5.07. The van der Waals surface area contributed by atoms with Crippen LogP contribution in [0.4, 0.5) is 0 Å². The van der Waals surface area contributed by atoms with E-state index in [-0.39, 0.29) is 0 Å². The first kappa shape index (κ1) is 14.9. The molecule has 0 aromatic carbocycles. The van der Waals surface area contributed by atoms with Crippen LogP contribution in [0.25, 0.3) is 0 Å². The fourth-order valence-electron chi connectivity index (χ4n) is 1.80. The number of hydrogen-bond acceptors (Lipinski definition) is 4. The molecule has 0 aliphatic rings. The molecule has 2 atom stereocenters. The first-order valence-corrected chi connectivity index (χ1v) is 5.07. The molecule has 16 heavy (non-hydrogen) atoms. The summed E-state index contributed by atoms with van der Waals surface area (Å²) in [5, 5.41) is 18.3. The van der Waals surface area contributed by atoms with Gasteiger partial charge in [-0.3, -0.25) is 9.59 Å². The second-order valence-corrected chi connectivity index (χ2v) is 4.66. The van der Waals surface area contributed by atoms with Crippen LogP contribution >= 0.6 is 0 Å². The number of aliphatic carboxylic acids is 2. The van der Waals surface area contributed by atoms with Gasteiger partial charge in [0.1, 0.15) is 11.1 Å². The summed E-state index contributed by atoms with van der Waals surface area (Å²) in [7, 11) is 0. The van der Waals surface area contributed by atoms with Gasteiger partial charge in [-0.1, -0.05) is 27.7 Å². The lowest BCUT2D eigenvalue weighted by Gasteiger charge is -2.44. The molecule has 0 bridgehead atoms. The van der Waals surface area contributed by atoms with Crippen LogP contribution in [0.15, 0.2) is 0 Å². The molecule has 2 unspecified atom stereocenters. The summed E-state index contributed by atoms with van der Waals surface area (Å²) < 4.78 is 0. The molecule has 0 amide bonds. The molecule has 6 heteroatoms. The van der Waals surface area contributed by atoms with E-state index in [9.17, 15) is 9.59 Å². The molecular formula is C10H20N2O4. The zero-order valence-electron chi connectivity index (χ0n) is 10.0. The SMILES string of the molecule is CC(C)C(N)(C(=O)O)C(N)(C(=O)O)C(C)C. The number of carbonyl (C=O) groups is 2. The average Bonchev–Trinajstić information content (AvgIpc) is 2.13. The average molecular weight is 232 g/mol. The van der Waals surface area contributed by atoms with Gasteiger partial charge >= 0.3 is 11.9 Å². The summed E-state index contributed by atoms with van der Waals surface area (Å²) in [6.45, 7) is 6.17. The molecule has 0 fully saturated rings. The van der Waals surface area contributed by atoms with Gasteiger partial charge in [-0.15, -0.1) is 0 Å². The highest BCUT2D eigenvalue weighted by molar-refractivity contribution is 5.93. The first-order chi connectivity index (χ1) is 7.02. The van der Waals surface area contributed by atoms with Gasteiger partial charge in [0.15, 0.2) is 0 Å². The molecule has 0 heterocycles. The highest BCUT2D eigenvalue weighted by Crippen LogP contribution is 2.32. The highest BCUT2D eigenvalue weighted by atomic mass is 16.4. The fraction of sp³-hybridized carbons (Fsp3) is 0.800. The Balaban J connectivity index is 5.84. The standard InChI is InChI=1S/C10H20N2O4/c1-5(2)9(11,7(13)14)10(12,6(3)4)8(15)16/h5-6H,11-12H2,1-4H3,(H,13,14)(H,15,16). The van der Waals surface area contributed by atoms with Gasteiger partial charge in [-0.25, -0.2) is 0 Å². The molecule has 6 nitrogen and oxygen atoms in total. The van der Waals surface area contributed by atoms with Crippen LogP contribution in [0.3, 0.4) is 0 Å². The maximum Gasteiger partial charge on any atom is 0.326 e. The molecule has 0 aromatic heterocycles. The van der Waals surface area contributed by atoms with E-state index in [1.165, 1.54) is 0 Å². The van der Waals surface area contributed by atoms with E-state index in [1.54, 1.807) is 27.7 Å². The van der Waals surface area contributed by atoms with Crippen LogP contribution in [0.1, 0.15) is 27.7 Å². The summed E-state index contributed by atoms with van der Waals surface area (Å²) in [6, 6.07) is 0. The van der Waals surface area contributed by atoms with E-state index in [1.807, 2.05) is 0 Å². The van der Waals surface area contributed by atoms with Crippen molar-refractivity contribution in [2.75, 3.05) is 0 Å². The number of hydrogen-bond donors (Lipinski definition) is 4. The minimum Gasteiger partial charge on any atom is -0.480 e. The molecule has 94 valence electrons. The second kappa shape index (κ2) is 4.39. The quantitative estimate of drug-likeness (QED) is 0.522. The largest absolute Gasteiger partial charge is 0.480 e. The summed E-state index contributed by atoms with van der Waals surface area (Å²) in [5.74, 6) is -4.01. The Bertz CT molecular complexity index is 273. The van der Waals surface area contributed by atoms with Crippen LogP contribution < -0.4 is 11.5 Å². The highest BCUT2D eigenvalue weighted by Gasteiger charge is 2.60. The van der Waals surface area contributed by atoms with Gasteiger partial charge < -0.3 is 21.7 Å². The van der Waals surface area contributed by atoms with Crippen molar-refractivity contribution in [1.29, 1.82) is 0 Å². The molecule has 0 saturated heterocycles. The molecule has 0 aliphatic heterocycles. The van der Waals surface area contributed by atoms with Crippen molar-refractivity contribution in [2.45, 2.75) is 38.8 Å². The number of carboxylic acid groups (broad SMARTS) is 2. The summed E-state index contributed by atoms with van der Waals surface area (Å²) in [5.41, 5.74) is 7.50. The predicted molar refractivity (Wildman–Crippen MR) is 58.8 cm³/mol. The Morgan fingerprint density at radius 3 is 1.12 bits per heavy atom. The van der Waals surface area contributed by atoms with Crippen molar-refractivity contribution in [3.63, 3.8) is 0 Å². The Kier molecular flexibility index (Phi) is 4.07. The summed E-state index contributed by atoms with van der Waals surface area (Å²) in [4.78, 5) is 22.5. The van der Waals surface area contributed by atoms with E-state index < -0.39 is 34.9 Å². The third-order valence-corrected chi connectivity index (χ3v) is 3.21.